The van der Waals surface area contributed by atoms with Gasteiger partial charge in [-0.2, -0.15) is 0 Å². The average Bonchev–Trinajstić information content (AvgIpc) is 2.37. The molecule has 0 aliphatic heterocycles. The zero-order chi connectivity index (χ0) is 13.2. The summed E-state index contributed by atoms with van der Waals surface area (Å²) in [4.78, 5) is 16.5. The van der Waals surface area contributed by atoms with Gasteiger partial charge in [0, 0.05) is 18.4 Å². The topological polar surface area (TPSA) is 50.2 Å². The number of carbonyl (C=O) groups excluding carboxylic acids is 1. The van der Waals surface area contributed by atoms with Gasteiger partial charge in [-0.25, -0.2) is 4.98 Å². The minimum absolute atomic E-state index is 0.00762. The molecule has 0 saturated carbocycles. The fourth-order valence-electron chi connectivity index (χ4n) is 1.80. The highest BCUT2D eigenvalue weighted by Crippen LogP contribution is 2.22. The number of para-hydroxylation sites is 1. The number of nitrogens with zero attached hydrogens (tertiary/aromatic N) is 1. The van der Waals surface area contributed by atoms with Crippen LogP contribution in [0.2, 0.25) is 0 Å². The first-order valence-corrected chi connectivity index (χ1v) is 6.02. The summed E-state index contributed by atoms with van der Waals surface area (Å²) in [6.07, 6.45) is 0.300. The molecule has 0 radical (unpaired) electrons. The van der Waals surface area contributed by atoms with Crippen molar-refractivity contribution in [3.05, 3.63) is 42.1 Å². The monoisotopic (exact) mass is 243 g/mol. The maximum absolute atomic E-state index is 12.1. The average molecular weight is 243 g/mol. The molecule has 1 N–H and O–H groups in total. The van der Waals surface area contributed by atoms with Crippen molar-refractivity contribution in [2.45, 2.75) is 20.3 Å². The molecule has 0 bridgehead atoms. The Hall–Kier alpha value is -1.74. The maximum atomic E-state index is 12.1. The number of pyridine rings is 1. The van der Waals surface area contributed by atoms with Crippen molar-refractivity contribution in [3.8, 4) is 0 Å². The second-order valence-corrected chi connectivity index (χ2v) is 5.31. The van der Waals surface area contributed by atoms with Crippen molar-refractivity contribution in [2.75, 3.05) is 6.61 Å². The van der Waals surface area contributed by atoms with E-state index in [4.69, 9.17) is 0 Å². The van der Waals surface area contributed by atoms with Gasteiger partial charge in [0.25, 0.3) is 0 Å². The predicted octanol–water partition coefficient (Wildman–Crippen LogP) is 2.83. The molecule has 3 nitrogen and oxygen atoms in total. The van der Waals surface area contributed by atoms with Gasteiger partial charge in [-0.3, -0.25) is 4.79 Å². The number of hydrogen-bond donors (Lipinski definition) is 1. The van der Waals surface area contributed by atoms with Gasteiger partial charge in [-0.1, -0.05) is 38.1 Å². The number of aliphatic hydroxyl groups is 1. The summed E-state index contributed by atoms with van der Waals surface area (Å²) in [7, 11) is 0. The van der Waals surface area contributed by atoms with Crippen LogP contribution in [0, 0.1) is 5.41 Å². The highest BCUT2D eigenvalue weighted by atomic mass is 16.3. The number of carbonyl (C=O) groups is 1. The lowest BCUT2D eigenvalue weighted by Gasteiger charge is -2.19. The summed E-state index contributed by atoms with van der Waals surface area (Å²) >= 11 is 0. The standard InChI is InChI=1S/C15H17NO2/c1-15(2,10-17)9-14(18)13-8-7-11-5-3-4-6-12(11)16-13/h3-8,17H,9-10H2,1-2H3. The molecular weight excluding hydrogens is 226 g/mol. The number of rotatable bonds is 4. The van der Waals surface area contributed by atoms with Crippen LogP contribution < -0.4 is 0 Å². The molecule has 0 atom stereocenters. The molecule has 1 aromatic carbocycles. The molecule has 0 aliphatic carbocycles. The number of aliphatic hydroxyl groups excluding tert-OH is 1. The number of fused-ring (bicyclic) bond motifs is 1. The Labute approximate surface area is 106 Å². The van der Waals surface area contributed by atoms with Crippen LogP contribution in [0.3, 0.4) is 0 Å². The number of aromatic nitrogens is 1. The third-order valence-corrected chi connectivity index (χ3v) is 2.95. The summed E-state index contributed by atoms with van der Waals surface area (Å²) in [6, 6.07) is 11.4. The Kier molecular flexibility index (Phi) is 3.43. The van der Waals surface area contributed by atoms with Gasteiger partial charge in [0.2, 0.25) is 0 Å². The lowest BCUT2D eigenvalue weighted by molar-refractivity contribution is 0.0854. The largest absolute Gasteiger partial charge is 0.396 e. The SMILES string of the molecule is CC(C)(CO)CC(=O)c1ccc2ccccc2n1. The Bertz CT molecular complexity index is 575. The van der Waals surface area contributed by atoms with E-state index >= 15 is 0 Å². The Balaban J connectivity index is 2.28. The summed E-state index contributed by atoms with van der Waals surface area (Å²) < 4.78 is 0. The van der Waals surface area contributed by atoms with Crippen LogP contribution in [0.4, 0.5) is 0 Å². The molecule has 2 aromatic rings. The fourth-order valence-corrected chi connectivity index (χ4v) is 1.80. The van der Waals surface area contributed by atoms with Gasteiger partial charge in [0.15, 0.2) is 5.78 Å². The van der Waals surface area contributed by atoms with Crippen LogP contribution in [0.1, 0.15) is 30.8 Å². The van der Waals surface area contributed by atoms with Gasteiger partial charge >= 0.3 is 0 Å². The predicted molar refractivity (Wildman–Crippen MR) is 71.6 cm³/mol. The van der Waals surface area contributed by atoms with Crippen molar-refractivity contribution in [1.29, 1.82) is 0 Å². The van der Waals surface area contributed by atoms with Crippen LogP contribution in [0.25, 0.3) is 10.9 Å². The number of Topliss-reactive ketones (excluding diaryl/α,β-unsaturated/α-hetero) is 1. The van der Waals surface area contributed by atoms with Crippen LogP contribution in [-0.2, 0) is 0 Å². The molecule has 0 aliphatic rings. The van der Waals surface area contributed by atoms with Crippen LogP contribution in [0.15, 0.2) is 36.4 Å². The van der Waals surface area contributed by atoms with Crippen LogP contribution in [-0.4, -0.2) is 22.5 Å². The van der Waals surface area contributed by atoms with E-state index in [1.54, 1.807) is 6.07 Å². The molecule has 3 heteroatoms. The first kappa shape index (κ1) is 12.7. The first-order chi connectivity index (χ1) is 8.52. The lowest BCUT2D eigenvalue weighted by Crippen LogP contribution is -2.21. The van der Waals surface area contributed by atoms with E-state index in [9.17, 15) is 9.90 Å². The van der Waals surface area contributed by atoms with Crippen LogP contribution in [0.5, 0.6) is 0 Å². The zero-order valence-electron chi connectivity index (χ0n) is 10.7. The quantitative estimate of drug-likeness (QED) is 0.840. The zero-order valence-corrected chi connectivity index (χ0v) is 10.7. The molecule has 1 aromatic heterocycles. The highest BCUT2D eigenvalue weighted by Gasteiger charge is 2.22. The molecule has 0 saturated heterocycles. The second kappa shape index (κ2) is 4.86. The Morgan fingerprint density at radius 1 is 1.22 bits per heavy atom. The van der Waals surface area contributed by atoms with E-state index in [-0.39, 0.29) is 12.4 Å². The maximum Gasteiger partial charge on any atom is 0.181 e. The molecule has 0 unspecified atom stereocenters. The van der Waals surface area contributed by atoms with E-state index in [2.05, 4.69) is 4.98 Å². The van der Waals surface area contributed by atoms with Crippen molar-refractivity contribution < 1.29 is 9.90 Å². The van der Waals surface area contributed by atoms with Crippen LogP contribution >= 0.6 is 0 Å². The molecule has 0 fully saturated rings. The summed E-state index contributed by atoms with van der Waals surface area (Å²) in [6.45, 7) is 3.73. The normalized spacial score (nSPS) is 11.7. The summed E-state index contributed by atoms with van der Waals surface area (Å²) in [5.41, 5.74) is 0.894. The van der Waals surface area contributed by atoms with E-state index < -0.39 is 5.41 Å². The Morgan fingerprint density at radius 2 is 1.94 bits per heavy atom. The smallest absolute Gasteiger partial charge is 0.181 e. The number of benzene rings is 1. The van der Waals surface area contributed by atoms with E-state index in [0.717, 1.165) is 10.9 Å². The van der Waals surface area contributed by atoms with E-state index in [1.165, 1.54) is 0 Å². The van der Waals surface area contributed by atoms with Crippen molar-refractivity contribution in [2.24, 2.45) is 5.41 Å². The van der Waals surface area contributed by atoms with Gasteiger partial charge in [-0.15, -0.1) is 0 Å². The van der Waals surface area contributed by atoms with Crippen molar-refractivity contribution in [1.82, 2.24) is 4.98 Å². The van der Waals surface area contributed by atoms with Gasteiger partial charge < -0.3 is 5.11 Å². The van der Waals surface area contributed by atoms with E-state index in [0.29, 0.717) is 12.1 Å². The molecule has 18 heavy (non-hydrogen) atoms. The first-order valence-electron chi connectivity index (χ1n) is 6.02. The second-order valence-electron chi connectivity index (χ2n) is 5.31. The summed E-state index contributed by atoms with van der Waals surface area (Å²) in [5, 5.41) is 10.2. The van der Waals surface area contributed by atoms with Gasteiger partial charge in [0.1, 0.15) is 5.69 Å². The fraction of sp³-hybridized carbons (Fsp3) is 0.333. The van der Waals surface area contributed by atoms with E-state index in [1.807, 2.05) is 44.2 Å². The number of ketones is 1. The van der Waals surface area contributed by atoms with Crippen molar-refractivity contribution >= 4 is 16.7 Å². The molecule has 0 spiro atoms. The molecule has 94 valence electrons. The third kappa shape index (κ3) is 2.74. The number of hydrogen-bond acceptors (Lipinski definition) is 3. The molecular formula is C15H17NO2. The van der Waals surface area contributed by atoms with Gasteiger partial charge in [0.05, 0.1) is 5.52 Å². The lowest BCUT2D eigenvalue weighted by atomic mass is 9.87. The molecule has 0 amide bonds. The summed E-state index contributed by atoms with van der Waals surface area (Å²) in [5.74, 6) is -0.0280. The third-order valence-electron chi connectivity index (χ3n) is 2.95. The minimum atomic E-state index is -0.398. The molecule has 1 heterocycles. The van der Waals surface area contributed by atoms with Crippen molar-refractivity contribution in [3.63, 3.8) is 0 Å². The molecule has 2 rings (SSSR count). The highest BCUT2D eigenvalue weighted by molar-refractivity contribution is 5.96. The van der Waals surface area contributed by atoms with Gasteiger partial charge in [-0.05, 0) is 17.5 Å². The minimum Gasteiger partial charge on any atom is -0.396 e. The Morgan fingerprint density at radius 3 is 2.67 bits per heavy atom.